The van der Waals surface area contributed by atoms with E-state index < -0.39 is 5.91 Å². The molecule has 0 atom stereocenters. The van der Waals surface area contributed by atoms with Crippen molar-refractivity contribution in [3.05, 3.63) is 46.7 Å². The molecule has 8 nitrogen and oxygen atoms in total. The molecule has 4 rings (SSSR count). The van der Waals surface area contributed by atoms with Crippen molar-refractivity contribution < 1.29 is 9.59 Å². The second-order valence-corrected chi connectivity index (χ2v) is 7.40. The molecule has 0 radical (unpaired) electrons. The number of H-pyrrole nitrogens is 1. The Morgan fingerprint density at radius 1 is 1.36 bits per heavy atom. The number of thiophene rings is 1. The Balaban J connectivity index is 1.65. The number of amides is 2. The molecule has 10 heteroatoms. The normalized spacial score (nSPS) is 11.1. The molecule has 0 fully saturated rings. The van der Waals surface area contributed by atoms with Gasteiger partial charge in [0.2, 0.25) is 0 Å². The van der Waals surface area contributed by atoms with Crippen molar-refractivity contribution in [1.82, 2.24) is 19.8 Å². The van der Waals surface area contributed by atoms with Crippen molar-refractivity contribution in [2.75, 3.05) is 5.32 Å². The van der Waals surface area contributed by atoms with Crippen molar-refractivity contribution in [1.29, 1.82) is 0 Å². The van der Waals surface area contributed by atoms with E-state index in [2.05, 4.69) is 20.6 Å². The number of aryl methyl sites for hydroxylation is 1. The summed E-state index contributed by atoms with van der Waals surface area (Å²) in [5.41, 5.74) is 7.40. The number of nitrogens with one attached hydrogen (secondary N) is 2. The number of nitrogens with two attached hydrogens (primary N) is 1. The Morgan fingerprint density at radius 3 is 2.88 bits per heavy atom. The molecule has 126 valence electrons. The van der Waals surface area contributed by atoms with Crippen molar-refractivity contribution in [2.24, 2.45) is 5.73 Å². The number of hydrogen-bond donors (Lipinski definition) is 3. The summed E-state index contributed by atoms with van der Waals surface area (Å²) in [4.78, 5) is 26.0. The van der Waals surface area contributed by atoms with E-state index in [0.29, 0.717) is 15.4 Å². The summed E-state index contributed by atoms with van der Waals surface area (Å²) >= 11 is 2.60. The molecule has 0 aliphatic heterocycles. The molecule has 0 aliphatic rings. The van der Waals surface area contributed by atoms with Crippen molar-refractivity contribution in [2.45, 2.75) is 6.92 Å². The highest BCUT2D eigenvalue weighted by atomic mass is 32.1. The van der Waals surface area contributed by atoms with Crippen LogP contribution >= 0.6 is 22.7 Å². The summed E-state index contributed by atoms with van der Waals surface area (Å²) in [5.74, 6) is -0.794. The second-order valence-electron chi connectivity index (χ2n) is 5.31. The maximum Gasteiger partial charge on any atom is 0.260 e. The third kappa shape index (κ3) is 2.71. The van der Waals surface area contributed by atoms with Crippen molar-refractivity contribution >= 4 is 44.3 Å². The molecular weight excluding hydrogens is 360 g/mol. The SMILES string of the molecule is Cc1cc(C(N)=O)sc1NC(=O)c1cnn2cc(-c3ccn[nH]3)sc12. The van der Waals surface area contributed by atoms with E-state index in [4.69, 9.17) is 5.73 Å². The summed E-state index contributed by atoms with van der Waals surface area (Å²) in [7, 11) is 0. The molecule has 4 aromatic heterocycles. The van der Waals surface area contributed by atoms with Crippen LogP contribution in [0.5, 0.6) is 0 Å². The number of thiazole rings is 1. The predicted molar refractivity (Wildman–Crippen MR) is 96.2 cm³/mol. The van der Waals surface area contributed by atoms with Gasteiger partial charge in [-0.3, -0.25) is 14.7 Å². The number of hydrogen-bond acceptors (Lipinski definition) is 6. The van der Waals surface area contributed by atoms with Crippen LogP contribution in [0.2, 0.25) is 0 Å². The van der Waals surface area contributed by atoms with E-state index in [9.17, 15) is 9.59 Å². The third-order valence-corrected chi connectivity index (χ3v) is 5.91. The first-order chi connectivity index (χ1) is 12.0. The van der Waals surface area contributed by atoms with E-state index in [0.717, 1.165) is 32.3 Å². The minimum Gasteiger partial charge on any atom is -0.365 e. The molecular formula is C15H12N6O2S2. The molecule has 4 aromatic rings. The number of aromatic amines is 1. The lowest BCUT2D eigenvalue weighted by atomic mass is 10.3. The van der Waals surface area contributed by atoms with Gasteiger partial charge >= 0.3 is 0 Å². The van der Waals surface area contributed by atoms with Gasteiger partial charge in [-0.05, 0) is 24.6 Å². The van der Waals surface area contributed by atoms with Crippen LogP contribution in [0.3, 0.4) is 0 Å². The average molecular weight is 372 g/mol. The van der Waals surface area contributed by atoms with E-state index in [1.165, 1.54) is 17.5 Å². The fourth-order valence-corrected chi connectivity index (χ4v) is 4.31. The first kappa shape index (κ1) is 15.5. The molecule has 4 N–H and O–H groups in total. The van der Waals surface area contributed by atoms with Gasteiger partial charge in [0.05, 0.1) is 32.2 Å². The summed E-state index contributed by atoms with van der Waals surface area (Å²) in [6.07, 6.45) is 5.03. The molecule has 0 aromatic carbocycles. The van der Waals surface area contributed by atoms with E-state index in [-0.39, 0.29) is 5.91 Å². The Labute approximate surface area is 149 Å². The number of nitrogens with zero attached hydrogens (tertiary/aromatic N) is 3. The highest BCUT2D eigenvalue weighted by Gasteiger charge is 2.19. The largest absolute Gasteiger partial charge is 0.365 e. The van der Waals surface area contributed by atoms with Crippen LogP contribution in [-0.2, 0) is 0 Å². The van der Waals surface area contributed by atoms with Gasteiger partial charge in [-0.15, -0.1) is 22.7 Å². The molecule has 0 bridgehead atoms. The standard InChI is InChI=1S/C15H12N6O2S2/c1-7-4-10(12(16)22)24-14(7)19-13(23)8-5-18-21-6-11(25-15(8)21)9-2-3-17-20-9/h2-6H,1H3,(H2,16,22)(H,17,20)(H,19,23). The minimum atomic E-state index is -0.510. The minimum absolute atomic E-state index is 0.283. The van der Waals surface area contributed by atoms with Gasteiger partial charge in [-0.1, -0.05) is 0 Å². The van der Waals surface area contributed by atoms with Gasteiger partial charge in [0.1, 0.15) is 4.83 Å². The predicted octanol–water partition coefficient (Wildman–Crippen LogP) is 2.51. The summed E-state index contributed by atoms with van der Waals surface area (Å²) in [6.45, 7) is 1.81. The van der Waals surface area contributed by atoms with Gasteiger partial charge in [-0.2, -0.15) is 10.2 Å². The summed E-state index contributed by atoms with van der Waals surface area (Å²) < 4.78 is 1.66. The number of primary amides is 1. The number of carbonyl (C=O) groups excluding carboxylic acids is 2. The second kappa shape index (κ2) is 5.83. The quantitative estimate of drug-likeness (QED) is 0.510. The van der Waals surface area contributed by atoms with Crippen LogP contribution in [0.1, 0.15) is 25.6 Å². The van der Waals surface area contributed by atoms with Crippen LogP contribution in [0.25, 0.3) is 15.4 Å². The van der Waals surface area contributed by atoms with Crippen LogP contribution in [-0.4, -0.2) is 31.6 Å². The zero-order valence-electron chi connectivity index (χ0n) is 12.9. The van der Waals surface area contributed by atoms with Crippen LogP contribution < -0.4 is 11.1 Å². The Hall–Kier alpha value is -2.98. The highest BCUT2D eigenvalue weighted by Crippen LogP contribution is 2.31. The highest BCUT2D eigenvalue weighted by molar-refractivity contribution is 7.21. The van der Waals surface area contributed by atoms with Crippen molar-refractivity contribution in [3.8, 4) is 10.6 Å². The number of rotatable bonds is 4. The molecule has 4 heterocycles. The van der Waals surface area contributed by atoms with Crippen LogP contribution in [0, 0.1) is 6.92 Å². The summed E-state index contributed by atoms with van der Waals surface area (Å²) in [5, 5.41) is 14.5. The monoisotopic (exact) mass is 372 g/mol. The van der Waals surface area contributed by atoms with E-state index in [1.807, 2.05) is 19.2 Å². The number of anilines is 1. The van der Waals surface area contributed by atoms with Crippen LogP contribution in [0.4, 0.5) is 5.00 Å². The number of aromatic nitrogens is 4. The van der Waals surface area contributed by atoms with Crippen molar-refractivity contribution in [3.63, 3.8) is 0 Å². The summed E-state index contributed by atoms with van der Waals surface area (Å²) in [6, 6.07) is 3.52. The first-order valence-corrected chi connectivity index (χ1v) is 8.84. The first-order valence-electron chi connectivity index (χ1n) is 7.21. The Morgan fingerprint density at radius 2 is 2.20 bits per heavy atom. The van der Waals surface area contributed by atoms with Gasteiger partial charge in [-0.25, -0.2) is 4.52 Å². The number of carbonyl (C=O) groups is 2. The fraction of sp³-hybridized carbons (Fsp3) is 0.0667. The maximum absolute atomic E-state index is 12.6. The molecule has 0 aliphatic carbocycles. The lowest BCUT2D eigenvalue weighted by Crippen LogP contribution is -2.11. The van der Waals surface area contributed by atoms with Gasteiger partial charge in [0, 0.05) is 12.4 Å². The fourth-order valence-electron chi connectivity index (χ4n) is 2.36. The Kier molecular flexibility index (Phi) is 3.62. The maximum atomic E-state index is 12.6. The number of fused-ring (bicyclic) bond motifs is 1. The average Bonchev–Trinajstić information content (AvgIpc) is 3.29. The molecule has 0 saturated heterocycles. The van der Waals surface area contributed by atoms with E-state index in [1.54, 1.807) is 16.8 Å². The topological polar surface area (TPSA) is 118 Å². The zero-order chi connectivity index (χ0) is 17.6. The molecule has 0 unspecified atom stereocenters. The molecule has 0 saturated carbocycles. The van der Waals surface area contributed by atoms with Crippen LogP contribution in [0.15, 0.2) is 30.7 Å². The lowest BCUT2D eigenvalue weighted by molar-refractivity contribution is 0.100. The Bertz CT molecular complexity index is 1090. The molecule has 2 amide bonds. The van der Waals surface area contributed by atoms with Gasteiger partial charge in [0.25, 0.3) is 11.8 Å². The third-order valence-electron chi connectivity index (χ3n) is 3.59. The zero-order valence-corrected chi connectivity index (χ0v) is 14.6. The molecule has 0 spiro atoms. The van der Waals surface area contributed by atoms with Gasteiger partial charge in [0.15, 0.2) is 0 Å². The smallest absolute Gasteiger partial charge is 0.260 e. The van der Waals surface area contributed by atoms with Gasteiger partial charge < -0.3 is 11.1 Å². The van der Waals surface area contributed by atoms with E-state index >= 15 is 0 Å². The lowest BCUT2D eigenvalue weighted by Gasteiger charge is -2.01. The molecule has 25 heavy (non-hydrogen) atoms.